The summed E-state index contributed by atoms with van der Waals surface area (Å²) < 4.78 is 88.7. The predicted octanol–water partition coefficient (Wildman–Crippen LogP) is 6.05. The Hall–Kier alpha value is -2.92. The molecule has 0 spiro atoms. The molecule has 0 amide bonds. The summed E-state index contributed by atoms with van der Waals surface area (Å²) in [6, 6.07) is 11.3. The second-order valence-electron chi connectivity index (χ2n) is 9.45. The van der Waals surface area contributed by atoms with Gasteiger partial charge in [0, 0.05) is 6.04 Å². The van der Waals surface area contributed by atoms with Gasteiger partial charge < -0.3 is 14.6 Å². The van der Waals surface area contributed by atoms with Crippen molar-refractivity contribution in [1.82, 2.24) is 20.1 Å². The van der Waals surface area contributed by atoms with Crippen LogP contribution >= 0.6 is 0 Å². The molecule has 5 nitrogen and oxygen atoms in total. The lowest BCUT2D eigenvalue weighted by atomic mass is 9.80. The fourth-order valence-corrected chi connectivity index (χ4v) is 5.56. The lowest BCUT2D eigenvalue weighted by molar-refractivity contribution is -0.143. The molecule has 0 radical (unpaired) electrons. The van der Waals surface area contributed by atoms with E-state index in [2.05, 4.69) is 15.5 Å². The molecule has 2 aliphatic rings. The second kappa shape index (κ2) is 8.88. The van der Waals surface area contributed by atoms with E-state index >= 15 is 0 Å². The summed E-state index contributed by atoms with van der Waals surface area (Å²) in [6.07, 6.45) is -6.14. The van der Waals surface area contributed by atoms with Gasteiger partial charge >= 0.3 is 12.4 Å². The van der Waals surface area contributed by atoms with Crippen molar-refractivity contribution in [2.45, 2.75) is 68.4 Å². The fourth-order valence-electron chi connectivity index (χ4n) is 5.56. The maximum absolute atomic E-state index is 13.4. The molecule has 192 valence electrons. The van der Waals surface area contributed by atoms with E-state index < -0.39 is 41.2 Å². The van der Waals surface area contributed by atoms with Crippen molar-refractivity contribution in [3.63, 3.8) is 0 Å². The molecule has 2 bridgehead atoms. The molecule has 0 saturated carbocycles. The Balaban J connectivity index is 1.49. The number of rotatable bonds is 5. The molecule has 1 aromatic heterocycles. The highest BCUT2D eigenvalue weighted by atomic mass is 19.4. The third kappa shape index (κ3) is 4.50. The van der Waals surface area contributed by atoms with Crippen molar-refractivity contribution < 1.29 is 31.1 Å². The number of nitrogens with zero attached hydrogens (tertiary/aromatic N) is 3. The Morgan fingerprint density at radius 2 is 1.56 bits per heavy atom. The van der Waals surface area contributed by atoms with Gasteiger partial charge in [0.15, 0.2) is 0 Å². The van der Waals surface area contributed by atoms with E-state index in [4.69, 9.17) is 4.74 Å². The Labute approximate surface area is 203 Å². The zero-order valence-corrected chi connectivity index (χ0v) is 19.2. The van der Waals surface area contributed by atoms with E-state index in [1.54, 1.807) is 12.7 Å². The van der Waals surface area contributed by atoms with E-state index in [-0.39, 0.29) is 23.7 Å². The van der Waals surface area contributed by atoms with Gasteiger partial charge in [0.05, 0.1) is 34.9 Å². The molecule has 2 fully saturated rings. The Kier molecular flexibility index (Phi) is 6.11. The van der Waals surface area contributed by atoms with E-state index in [9.17, 15) is 26.3 Å². The molecule has 1 N–H and O–H groups in total. The number of ether oxygens (including phenoxy) is 1. The van der Waals surface area contributed by atoms with Crippen LogP contribution in [0.5, 0.6) is 0 Å². The molecule has 0 aliphatic carbocycles. The molecule has 5 unspecified atom stereocenters. The first-order valence-electron chi connectivity index (χ1n) is 11.6. The van der Waals surface area contributed by atoms with Gasteiger partial charge in [0.2, 0.25) is 0 Å². The number of hydrogen-bond acceptors (Lipinski definition) is 4. The molecule has 2 saturated heterocycles. The van der Waals surface area contributed by atoms with Crippen LogP contribution in [-0.2, 0) is 22.6 Å². The molecule has 5 rings (SSSR count). The summed E-state index contributed by atoms with van der Waals surface area (Å²) in [5, 5.41) is 11.5. The number of nitrogens with one attached hydrogen (secondary N) is 1. The predicted molar refractivity (Wildman–Crippen MR) is 118 cm³/mol. The topological polar surface area (TPSA) is 52.0 Å². The summed E-state index contributed by atoms with van der Waals surface area (Å²) in [4.78, 5) is 0. The third-order valence-corrected chi connectivity index (χ3v) is 7.28. The van der Waals surface area contributed by atoms with Gasteiger partial charge in [-0.3, -0.25) is 0 Å². The summed E-state index contributed by atoms with van der Waals surface area (Å²) in [7, 11) is 0. The van der Waals surface area contributed by atoms with Crippen LogP contribution in [-0.4, -0.2) is 26.9 Å². The van der Waals surface area contributed by atoms with Crippen molar-refractivity contribution >= 4 is 0 Å². The molecule has 3 aromatic rings. The minimum Gasteiger partial charge on any atom is -0.368 e. The van der Waals surface area contributed by atoms with Crippen LogP contribution in [0.4, 0.5) is 26.3 Å². The minimum absolute atomic E-state index is 0.0227. The van der Waals surface area contributed by atoms with Crippen molar-refractivity contribution in [1.29, 1.82) is 0 Å². The maximum atomic E-state index is 13.4. The SMILES string of the molecule is CC(OC1CCC2NC1(c1ccccc1)CC2n1cnnc1)c1cc(C(F)(F)F)cc(C(F)(F)F)c1. The van der Waals surface area contributed by atoms with Crippen LogP contribution in [0.1, 0.15) is 60.6 Å². The Morgan fingerprint density at radius 3 is 2.14 bits per heavy atom. The number of aromatic nitrogens is 3. The van der Waals surface area contributed by atoms with Gasteiger partial charge in [0.25, 0.3) is 0 Å². The molecule has 2 aliphatic heterocycles. The first kappa shape index (κ1) is 24.8. The molecular formula is C25H24F6N4O. The van der Waals surface area contributed by atoms with Crippen molar-refractivity contribution in [3.05, 3.63) is 83.4 Å². The Morgan fingerprint density at radius 1 is 0.944 bits per heavy atom. The van der Waals surface area contributed by atoms with E-state index in [1.807, 2.05) is 34.9 Å². The number of halogens is 6. The lowest BCUT2D eigenvalue weighted by Crippen LogP contribution is -2.54. The van der Waals surface area contributed by atoms with Gasteiger partial charge in [-0.25, -0.2) is 0 Å². The number of hydrogen-bond donors (Lipinski definition) is 1. The van der Waals surface area contributed by atoms with Crippen LogP contribution in [0.2, 0.25) is 0 Å². The van der Waals surface area contributed by atoms with E-state index in [0.29, 0.717) is 19.3 Å². The van der Waals surface area contributed by atoms with E-state index in [1.165, 1.54) is 6.92 Å². The molecular weight excluding hydrogens is 486 g/mol. The molecule has 36 heavy (non-hydrogen) atoms. The number of fused-ring (bicyclic) bond motifs is 2. The number of alkyl halides is 6. The standard InChI is InChI=1S/C25H24F6N4O/c1-15(16-9-18(24(26,27)28)11-19(10-16)25(29,30)31)36-22-8-7-20-21(35-13-32-33-14-35)12-23(22,34-20)17-5-3-2-4-6-17/h2-6,9-11,13-15,20-22,34H,7-8,12H2,1H3. The van der Waals surface area contributed by atoms with Crippen LogP contribution < -0.4 is 5.32 Å². The summed E-state index contributed by atoms with van der Waals surface area (Å²) in [5.41, 5.74) is -2.60. The summed E-state index contributed by atoms with van der Waals surface area (Å²) in [6.45, 7) is 1.49. The van der Waals surface area contributed by atoms with Crippen LogP contribution in [0.15, 0.2) is 61.2 Å². The molecule has 2 aromatic carbocycles. The fraction of sp³-hybridized carbons (Fsp3) is 0.440. The van der Waals surface area contributed by atoms with Gasteiger partial charge in [-0.1, -0.05) is 30.3 Å². The van der Waals surface area contributed by atoms with Crippen molar-refractivity contribution in [2.75, 3.05) is 0 Å². The van der Waals surface area contributed by atoms with Crippen molar-refractivity contribution in [3.8, 4) is 0 Å². The van der Waals surface area contributed by atoms with Gasteiger partial charge in [-0.2, -0.15) is 26.3 Å². The molecule has 11 heteroatoms. The average molecular weight is 510 g/mol. The Bertz CT molecular complexity index is 1170. The van der Waals surface area contributed by atoms with Crippen LogP contribution in [0, 0.1) is 0 Å². The van der Waals surface area contributed by atoms with Crippen molar-refractivity contribution in [2.24, 2.45) is 0 Å². The van der Waals surface area contributed by atoms with Gasteiger partial charge in [0.1, 0.15) is 12.7 Å². The first-order chi connectivity index (χ1) is 17.0. The van der Waals surface area contributed by atoms with Crippen LogP contribution in [0.3, 0.4) is 0 Å². The van der Waals surface area contributed by atoms with Gasteiger partial charge in [-0.15, -0.1) is 10.2 Å². The van der Waals surface area contributed by atoms with Crippen LogP contribution in [0.25, 0.3) is 0 Å². The number of benzene rings is 2. The highest BCUT2D eigenvalue weighted by molar-refractivity contribution is 5.35. The van der Waals surface area contributed by atoms with Gasteiger partial charge in [-0.05, 0) is 55.5 Å². The lowest BCUT2D eigenvalue weighted by Gasteiger charge is -2.43. The minimum atomic E-state index is -4.92. The molecule has 5 atom stereocenters. The smallest absolute Gasteiger partial charge is 0.368 e. The monoisotopic (exact) mass is 510 g/mol. The quantitative estimate of drug-likeness (QED) is 0.425. The highest BCUT2D eigenvalue weighted by Crippen LogP contribution is 2.50. The zero-order valence-electron chi connectivity index (χ0n) is 19.2. The first-order valence-corrected chi connectivity index (χ1v) is 11.6. The summed E-state index contributed by atoms with van der Waals surface area (Å²) >= 11 is 0. The summed E-state index contributed by atoms with van der Waals surface area (Å²) in [5.74, 6) is 0. The maximum Gasteiger partial charge on any atom is 0.416 e. The highest BCUT2D eigenvalue weighted by Gasteiger charge is 2.55. The average Bonchev–Trinajstić information content (AvgIpc) is 3.47. The third-order valence-electron chi connectivity index (χ3n) is 7.28. The molecule has 3 heterocycles. The largest absolute Gasteiger partial charge is 0.416 e. The number of piperidine rings is 1. The normalized spacial score (nSPS) is 27.2. The van der Waals surface area contributed by atoms with E-state index in [0.717, 1.165) is 17.7 Å². The second-order valence-corrected chi connectivity index (χ2v) is 9.45. The zero-order chi connectivity index (χ0) is 25.7.